The number of rotatable bonds is 6. The van der Waals surface area contributed by atoms with E-state index in [1.807, 2.05) is 24.3 Å². The van der Waals surface area contributed by atoms with Gasteiger partial charge in [0.15, 0.2) is 5.78 Å². The van der Waals surface area contributed by atoms with Crippen LogP contribution in [-0.4, -0.2) is 29.5 Å². The fourth-order valence-electron chi connectivity index (χ4n) is 2.96. The fourth-order valence-corrected chi connectivity index (χ4v) is 2.96. The Morgan fingerprint density at radius 3 is 2.17 bits per heavy atom. The molecule has 3 aromatic rings. The summed E-state index contributed by atoms with van der Waals surface area (Å²) in [6.45, 7) is 1.95. The molecule has 5 nitrogen and oxygen atoms in total. The van der Waals surface area contributed by atoms with Gasteiger partial charge in [0.2, 0.25) is 5.91 Å². The molecule has 0 unspecified atom stereocenters. The summed E-state index contributed by atoms with van der Waals surface area (Å²) in [5.74, 6) is -0.595. The molecule has 0 aliphatic carbocycles. The molecule has 3 rings (SSSR count). The Kier molecular flexibility index (Phi) is 6.19. The van der Waals surface area contributed by atoms with E-state index >= 15 is 0 Å². The molecular weight excluding hydrogens is 364 g/mol. The lowest BCUT2D eigenvalue weighted by Crippen LogP contribution is -2.23. The Hall–Kier alpha value is -3.73. The van der Waals surface area contributed by atoms with Gasteiger partial charge in [0.05, 0.1) is 5.56 Å². The summed E-state index contributed by atoms with van der Waals surface area (Å²) in [6.07, 6.45) is 0. The van der Waals surface area contributed by atoms with Crippen molar-refractivity contribution < 1.29 is 14.4 Å². The molecule has 1 N–H and O–H groups in total. The molecule has 2 amide bonds. The molecule has 0 bridgehead atoms. The highest BCUT2D eigenvalue weighted by molar-refractivity contribution is 6.17. The smallest absolute Gasteiger partial charge is 0.256 e. The highest BCUT2D eigenvalue weighted by Gasteiger charge is 2.18. The van der Waals surface area contributed by atoms with Crippen LogP contribution in [0.4, 0.5) is 5.69 Å². The standard InChI is InChI=1S/C24H22N2O3/c1-17(27)26(2)16-18-9-8-12-20(15-18)25-24(29)22-14-7-6-13-21(22)23(28)19-10-4-3-5-11-19/h3-15H,16H2,1-2H3,(H,25,29). The SMILES string of the molecule is CC(=O)N(C)Cc1cccc(NC(=O)c2ccccc2C(=O)c2ccccc2)c1. The van der Waals surface area contributed by atoms with Crippen LogP contribution in [0.5, 0.6) is 0 Å². The second-order valence-corrected chi connectivity index (χ2v) is 6.77. The fraction of sp³-hybridized carbons (Fsp3) is 0.125. The zero-order valence-electron chi connectivity index (χ0n) is 16.4. The van der Waals surface area contributed by atoms with Gasteiger partial charge in [-0.25, -0.2) is 0 Å². The molecule has 0 saturated carbocycles. The molecule has 29 heavy (non-hydrogen) atoms. The van der Waals surface area contributed by atoms with Crippen molar-refractivity contribution >= 4 is 23.3 Å². The van der Waals surface area contributed by atoms with Gasteiger partial charge in [-0.3, -0.25) is 14.4 Å². The summed E-state index contributed by atoms with van der Waals surface area (Å²) in [5.41, 5.74) is 2.69. The van der Waals surface area contributed by atoms with E-state index in [0.29, 0.717) is 28.9 Å². The molecule has 0 fully saturated rings. The average molecular weight is 386 g/mol. The van der Waals surface area contributed by atoms with Gasteiger partial charge in [-0.2, -0.15) is 0 Å². The Bertz CT molecular complexity index is 1040. The Morgan fingerprint density at radius 1 is 0.828 bits per heavy atom. The summed E-state index contributed by atoms with van der Waals surface area (Å²) in [6, 6.07) is 22.9. The van der Waals surface area contributed by atoms with Crippen LogP contribution in [0, 0.1) is 0 Å². The van der Waals surface area contributed by atoms with Crippen molar-refractivity contribution in [3.63, 3.8) is 0 Å². The van der Waals surface area contributed by atoms with Crippen LogP contribution in [0.15, 0.2) is 78.9 Å². The summed E-state index contributed by atoms with van der Waals surface area (Å²) in [5, 5.41) is 2.85. The Morgan fingerprint density at radius 2 is 1.48 bits per heavy atom. The molecule has 0 spiro atoms. The highest BCUT2D eigenvalue weighted by Crippen LogP contribution is 2.18. The maximum absolute atomic E-state index is 12.9. The lowest BCUT2D eigenvalue weighted by molar-refractivity contribution is -0.128. The first-order valence-corrected chi connectivity index (χ1v) is 9.26. The van der Waals surface area contributed by atoms with E-state index in [-0.39, 0.29) is 17.6 Å². The van der Waals surface area contributed by atoms with Crippen LogP contribution in [0.25, 0.3) is 0 Å². The number of amides is 2. The van der Waals surface area contributed by atoms with Crippen LogP contribution in [0.2, 0.25) is 0 Å². The number of carbonyl (C=O) groups is 3. The maximum atomic E-state index is 12.9. The lowest BCUT2D eigenvalue weighted by Gasteiger charge is -2.15. The van der Waals surface area contributed by atoms with E-state index in [0.717, 1.165) is 5.56 Å². The zero-order chi connectivity index (χ0) is 20.8. The van der Waals surface area contributed by atoms with Gasteiger partial charge >= 0.3 is 0 Å². The third-order valence-corrected chi connectivity index (χ3v) is 4.59. The average Bonchev–Trinajstić information content (AvgIpc) is 2.74. The predicted octanol–water partition coefficient (Wildman–Crippen LogP) is 4.15. The van der Waals surface area contributed by atoms with Gasteiger partial charge in [-0.05, 0) is 23.8 Å². The first-order valence-electron chi connectivity index (χ1n) is 9.26. The third kappa shape index (κ3) is 4.96. The van der Waals surface area contributed by atoms with Crippen LogP contribution < -0.4 is 5.32 Å². The number of nitrogens with one attached hydrogen (secondary N) is 1. The van der Waals surface area contributed by atoms with Crippen LogP contribution in [0.3, 0.4) is 0 Å². The van der Waals surface area contributed by atoms with Crippen LogP contribution in [-0.2, 0) is 11.3 Å². The van der Waals surface area contributed by atoms with Crippen molar-refractivity contribution in [3.8, 4) is 0 Å². The zero-order valence-corrected chi connectivity index (χ0v) is 16.4. The summed E-state index contributed by atoms with van der Waals surface area (Å²) >= 11 is 0. The number of benzene rings is 3. The molecule has 146 valence electrons. The normalized spacial score (nSPS) is 10.3. The maximum Gasteiger partial charge on any atom is 0.256 e. The van der Waals surface area contributed by atoms with E-state index in [1.54, 1.807) is 66.5 Å². The summed E-state index contributed by atoms with van der Waals surface area (Å²) in [7, 11) is 1.72. The minimum atomic E-state index is -0.359. The molecule has 3 aromatic carbocycles. The van der Waals surface area contributed by atoms with Crippen molar-refractivity contribution in [3.05, 3.63) is 101 Å². The number of carbonyl (C=O) groups excluding carboxylic acids is 3. The minimum Gasteiger partial charge on any atom is -0.342 e. The Labute approximate surface area is 170 Å². The number of anilines is 1. The highest BCUT2D eigenvalue weighted by atomic mass is 16.2. The second kappa shape index (κ2) is 8.97. The number of hydrogen-bond donors (Lipinski definition) is 1. The topological polar surface area (TPSA) is 66.5 Å². The minimum absolute atomic E-state index is 0.0345. The number of nitrogens with zero attached hydrogens (tertiary/aromatic N) is 1. The van der Waals surface area contributed by atoms with Crippen molar-refractivity contribution in [1.82, 2.24) is 4.90 Å². The number of ketones is 1. The summed E-state index contributed by atoms with van der Waals surface area (Å²) < 4.78 is 0. The van der Waals surface area contributed by atoms with Gasteiger partial charge < -0.3 is 10.2 Å². The molecular formula is C24H22N2O3. The molecule has 0 heterocycles. The van der Waals surface area contributed by atoms with Crippen LogP contribution in [0.1, 0.15) is 38.8 Å². The van der Waals surface area contributed by atoms with Gasteiger partial charge in [-0.15, -0.1) is 0 Å². The van der Waals surface area contributed by atoms with E-state index in [9.17, 15) is 14.4 Å². The molecule has 0 radical (unpaired) electrons. The van der Waals surface area contributed by atoms with Crippen molar-refractivity contribution in [2.75, 3.05) is 12.4 Å². The van der Waals surface area contributed by atoms with Gasteiger partial charge in [0.1, 0.15) is 0 Å². The summed E-state index contributed by atoms with van der Waals surface area (Å²) in [4.78, 5) is 38.8. The predicted molar refractivity (Wildman–Crippen MR) is 113 cm³/mol. The third-order valence-electron chi connectivity index (χ3n) is 4.59. The van der Waals surface area contributed by atoms with E-state index in [2.05, 4.69) is 5.32 Å². The van der Waals surface area contributed by atoms with Gasteiger partial charge in [0, 0.05) is 37.3 Å². The van der Waals surface area contributed by atoms with Crippen molar-refractivity contribution in [2.24, 2.45) is 0 Å². The first-order chi connectivity index (χ1) is 14.0. The largest absolute Gasteiger partial charge is 0.342 e. The lowest BCUT2D eigenvalue weighted by atomic mass is 9.98. The second-order valence-electron chi connectivity index (χ2n) is 6.77. The molecule has 0 aliphatic heterocycles. The molecule has 0 atom stereocenters. The van der Waals surface area contributed by atoms with E-state index < -0.39 is 0 Å². The van der Waals surface area contributed by atoms with Crippen molar-refractivity contribution in [2.45, 2.75) is 13.5 Å². The molecule has 5 heteroatoms. The quantitative estimate of drug-likeness (QED) is 0.647. The van der Waals surface area contributed by atoms with Gasteiger partial charge in [0.25, 0.3) is 5.91 Å². The Balaban J connectivity index is 1.82. The molecule has 0 aliphatic rings. The van der Waals surface area contributed by atoms with Crippen molar-refractivity contribution in [1.29, 1.82) is 0 Å². The monoisotopic (exact) mass is 386 g/mol. The number of hydrogen-bond acceptors (Lipinski definition) is 3. The molecule has 0 saturated heterocycles. The first kappa shape index (κ1) is 20.0. The van der Waals surface area contributed by atoms with E-state index in [1.165, 1.54) is 6.92 Å². The van der Waals surface area contributed by atoms with Crippen LogP contribution >= 0.6 is 0 Å². The molecule has 0 aromatic heterocycles. The van der Waals surface area contributed by atoms with E-state index in [4.69, 9.17) is 0 Å². The van der Waals surface area contributed by atoms with Gasteiger partial charge in [-0.1, -0.05) is 60.7 Å².